The molecule has 2 heterocycles. The molecule has 0 radical (unpaired) electrons. The Hall–Kier alpha value is -1.91. The molecule has 0 N–H and O–H groups in total. The van der Waals surface area contributed by atoms with Gasteiger partial charge in [0.15, 0.2) is 6.29 Å². The minimum Gasteiger partial charge on any atom is -0.348 e. The molecule has 5 nitrogen and oxygen atoms in total. The van der Waals surface area contributed by atoms with E-state index in [4.69, 9.17) is 0 Å². The number of pyridine rings is 1. The molecule has 0 aromatic carbocycles. The number of aromatic nitrogens is 1. The van der Waals surface area contributed by atoms with E-state index in [1.807, 2.05) is 16.7 Å². The normalized spacial score (nSPS) is 16.4. The van der Waals surface area contributed by atoms with Gasteiger partial charge in [-0.25, -0.2) is 4.98 Å². The first-order chi connectivity index (χ1) is 9.45. The van der Waals surface area contributed by atoms with Crippen LogP contribution >= 0.6 is 0 Å². The number of aldehydes is 1. The molecule has 0 saturated carbocycles. The first-order valence-corrected chi connectivity index (χ1v) is 6.89. The van der Waals surface area contributed by atoms with Gasteiger partial charge in [0.05, 0.1) is 6.54 Å². The fourth-order valence-corrected chi connectivity index (χ4v) is 2.44. The largest absolute Gasteiger partial charge is 0.348 e. The van der Waals surface area contributed by atoms with E-state index < -0.39 is 0 Å². The standard InChI is InChI=1S/C15H21N3O2/c1-4-17(13-6-5-12(9-19)7-16-13)8-14(20)18-10-15(2,3)11-18/h5-7,9H,4,8,10-11H2,1-3H3. The highest BCUT2D eigenvalue weighted by molar-refractivity contribution is 5.82. The van der Waals surface area contributed by atoms with Gasteiger partial charge in [-0.2, -0.15) is 0 Å². The van der Waals surface area contributed by atoms with E-state index in [1.165, 1.54) is 6.20 Å². The predicted octanol–water partition coefficient (Wildman–Crippen LogP) is 1.59. The second-order valence-electron chi connectivity index (χ2n) is 6.00. The molecule has 0 aliphatic carbocycles. The molecule has 0 spiro atoms. The van der Waals surface area contributed by atoms with E-state index in [2.05, 4.69) is 18.8 Å². The van der Waals surface area contributed by atoms with Crippen LogP contribution in [0, 0.1) is 5.41 Å². The highest BCUT2D eigenvalue weighted by atomic mass is 16.2. The molecule has 2 rings (SSSR count). The average molecular weight is 275 g/mol. The summed E-state index contributed by atoms with van der Waals surface area (Å²) in [5, 5.41) is 0. The van der Waals surface area contributed by atoms with Gasteiger partial charge in [0.25, 0.3) is 0 Å². The Bertz CT molecular complexity index is 488. The molecule has 0 bridgehead atoms. The number of anilines is 1. The summed E-state index contributed by atoms with van der Waals surface area (Å²) in [6.45, 7) is 8.99. The van der Waals surface area contributed by atoms with Gasteiger partial charge in [-0.05, 0) is 24.5 Å². The Morgan fingerprint density at radius 1 is 1.45 bits per heavy atom. The molecule has 1 amide bonds. The fraction of sp³-hybridized carbons (Fsp3) is 0.533. The minimum absolute atomic E-state index is 0.132. The molecule has 1 fully saturated rings. The van der Waals surface area contributed by atoms with Gasteiger partial charge in [0.1, 0.15) is 5.82 Å². The van der Waals surface area contributed by atoms with Gasteiger partial charge in [-0.3, -0.25) is 9.59 Å². The van der Waals surface area contributed by atoms with Gasteiger partial charge < -0.3 is 9.80 Å². The number of likely N-dealkylation sites (tertiary alicyclic amines) is 1. The van der Waals surface area contributed by atoms with Crippen LogP contribution in [-0.2, 0) is 4.79 Å². The van der Waals surface area contributed by atoms with E-state index in [0.29, 0.717) is 18.7 Å². The van der Waals surface area contributed by atoms with Crippen molar-refractivity contribution in [1.29, 1.82) is 0 Å². The van der Waals surface area contributed by atoms with Crippen LogP contribution in [0.1, 0.15) is 31.1 Å². The molecule has 1 aliphatic rings. The summed E-state index contributed by atoms with van der Waals surface area (Å²) in [5.74, 6) is 0.860. The lowest BCUT2D eigenvalue weighted by molar-refractivity contribution is -0.139. The summed E-state index contributed by atoms with van der Waals surface area (Å²) in [5.41, 5.74) is 0.789. The van der Waals surface area contributed by atoms with Crippen molar-refractivity contribution in [2.24, 2.45) is 5.41 Å². The van der Waals surface area contributed by atoms with Crippen LogP contribution in [0.15, 0.2) is 18.3 Å². The van der Waals surface area contributed by atoms with Crippen LogP contribution in [0.25, 0.3) is 0 Å². The number of amides is 1. The van der Waals surface area contributed by atoms with Gasteiger partial charge in [-0.15, -0.1) is 0 Å². The third kappa shape index (κ3) is 3.15. The predicted molar refractivity (Wildman–Crippen MR) is 77.9 cm³/mol. The second kappa shape index (κ2) is 5.61. The van der Waals surface area contributed by atoms with Crippen molar-refractivity contribution in [1.82, 2.24) is 9.88 Å². The Morgan fingerprint density at radius 2 is 2.15 bits per heavy atom. The van der Waals surface area contributed by atoms with E-state index in [-0.39, 0.29) is 11.3 Å². The van der Waals surface area contributed by atoms with Crippen molar-refractivity contribution in [2.45, 2.75) is 20.8 Å². The molecule has 0 unspecified atom stereocenters. The molecular formula is C15H21N3O2. The van der Waals surface area contributed by atoms with Crippen LogP contribution in [0.3, 0.4) is 0 Å². The second-order valence-corrected chi connectivity index (χ2v) is 6.00. The zero-order valence-electron chi connectivity index (χ0n) is 12.3. The van der Waals surface area contributed by atoms with Gasteiger partial charge >= 0.3 is 0 Å². The zero-order valence-corrected chi connectivity index (χ0v) is 12.3. The highest BCUT2D eigenvalue weighted by Gasteiger charge is 2.37. The summed E-state index contributed by atoms with van der Waals surface area (Å²) in [6.07, 6.45) is 2.29. The van der Waals surface area contributed by atoms with Gasteiger partial charge in [0.2, 0.25) is 5.91 Å². The number of rotatable bonds is 5. The minimum atomic E-state index is 0.132. The van der Waals surface area contributed by atoms with E-state index in [0.717, 1.165) is 25.2 Å². The summed E-state index contributed by atoms with van der Waals surface area (Å²) in [6, 6.07) is 3.50. The van der Waals surface area contributed by atoms with E-state index in [1.54, 1.807) is 12.1 Å². The molecule has 1 aromatic heterocycles. The quantitative estimate of drug-likeness (QED) is 0.766. The zero-order chi connectivity index (χ0) is 14.8. The summed E-state index contributed by atoms with van der Waals surface area (Å²) in [4.78, 5) is 30.8. The molecule has 20 heavy (non-hydrogen) atoms. The van der Waals surface area contributed by atoms with E-state index >= 15 is 0 Å². The highest BCUT2D eigenvalue weighted by Crippen LogP contribution is 2.28. The number of hydrogen-bond donors (Lipinski definition) is 0. The maximum absolute atomic E-state index is 12.2. The Morgan fingerprint density at radius 3 is 2.60 bits per heavy atom. The number of hydrogen-bond acceptors (Lipinski definition) is 4. The topological polar surface area (TPSA) is 53.5 Å². The monoisotopic (exact) mass is 275 g/mol. The van der Waals surface area contributed by atoms with Crippen molar-refractivity contribution in [3.63, 3.8) is 0 Å². The molecule has 5 heteroatoms. The summed E-state index contributed by atoms with van der Waals surface area (Å²) in [7, 11) is 0. The molecule has 0 atom stereocenters. The first-order valence-electron chi connectivity index (χ1n) is 6.89. The average Bonchev–Trinajstić information content (AvgIpc) is 2.42. The van der Waals surface area contributed by atoms with E-state index in [9.17, 15) is 9.59 Å². The van der Waals surface area contributed by atoms with Gasteiger partial charge in [0, 0.05) is 31.4 Å². The molecule has 1 aromatic rings. The van der Waals surface area contributed by atoms with Crippen LogP contribution in [0.5, 0.6) is 0 Å². The molecule has 108 valence electrons. The lowest BCUT2D eigenvalue weighted by Crippen LogP contribution is -2.57. The van der Waals surface area contributed by atoms with Crippen molar-refractivity contribution >= 4 is 18.0 Å². The SMILES string of the molecule is CCN(CC(=O)N1CC(C)(C)C1)c1ccc(C=O)cn1. The number of likely N-dealkylation sites (N-methyl/N-ethyl adjacent to an activating group) is 1. The number of carbonyl (C=O) groups excluding carboxylic acids is 2. The summed E-state index contributed by atoms with van der Waals surface area (Å²) >= 11 is 0. The Kier molecular flexibility index (Phi) is 4.06. The smallest absolute Gasteiger partial charge is 0.242 e. The fourth-order valence-electron chi connectivity index (χ4n) is 2.44. The van der Waals surface area contributed by atoms with Crippen molar-refractivity contribution in [3.05, 3.63) is 23.9 Å². The van der Waals surface area contributed by atoms with Crippen molar-refractivity contribution < 1.29 is 9.59 Å². The van der Waals surface area contributed by atoms with Crippen LogP contribution in [0.2, 0.25) is 0 Å². The third-order valence-electron chi connectivity index (χ3n) is 3.53. The summed E-state index contributed by atoms with van der Waals surface area (Å²) < 4.78 is 0. The van der Waals surface area contributed by atoms with Crippen LogP contribution < -0.4 is 4.90 Å². The van der Waals surface area contributed by atoms with Crippen molar-refractivity contribution in [2.75, 3.05) is 31.1 Å². The van der Waals surface area contributed by atoms with Crippen LogP contribution in [-0.4, -0.2) is 48.3 Å². The molecule has 1 aliphatic heterocycles. The molecule has 1 saturated heterocycles. The lowest BCUT2D eigenvalue weighted by Gasteiger charge is -2.46. The maximum Gasteiger partial charge on any atom is 0.242 e. The molecular weight excluding hydrogens is 254 g/mol. The van der Waals surface area contributed by atoms with Gasteiger partial charge in [-0.1, -0.05) is 13.8 Å². The number of nitrogens with zero attached hydrogens (tertiary/aromatic N) is 3. The maximum atomic E-state index is 12.2. The van der Waals surface area contributed by atoms with Crippen LogP contribution in [0.4, 0.5) is 5.82 Å². The first kappa shape index (κ1) is 14.5. The van der Waals surface area contributed by atoms with Crippen molar-refractivity contribution in [3.8, 4) is 0 Å². The lowest BCUT2D eigenvalue weighted by atomic mass is 9.84. The Balaban J connectivity index is 1.98. The number of carbonyl (C=O) groups is 2. The Labute approximate surface area is 119 Å². The third-order valence-corrected chi connectivity index (χ3v) is 3.53.